The zero-order valence-electron chi connectivity index (χ0n) is 10.3. The van der Waals surface area contributed by atoms with Gasteiger partial charge in [-0.05, 0) is 61.8 Å². The highest BCUT2D eigenvalue weighted by molar-refractivity contribution is 9.11. The smallest absolute Gasteiger partial charge is 0.0701 e. The average Bonchev–Trinajstić information content (AvgIpc) is 2.66. The zero-order chi connectivity index (χ0) is 12.2. The van der Waals surface area contributed by atoms with Crippen molar-refractivity contribution in [2.24, 2.45) is 0 Å². The Labute approximate surface area is 111 Å². The summed E-state index contributed by atoms with van der Waals surface area (Å²) >= 11 is 5.29. The number of rotatable bonds is 6. The molecule has 1 rings (SSSR count). The van der Waals surface area contributed by atoms with Gasteiger partial charge in [0, 0.05) is 18.0 Å². The Hall–Kier alpha value is 0.1000. The van der Waals surface area contributed by atoms with Crippen LogP contribution in [0, 0.1) is 0 Å². The molecule has 1 N–H and O–H groups in total. The average molecular weight is 306 g/mol. The van der Waals surface area contributed by atoms with Crippen molar-refractivity contribution in [2.75, 3.05) is 14.2 Å². The molecule has 0 aromatic carbocycles. The molecule has 1 unspecified atom stereocenters. The monoisotopic (exact) mass is 305 g/mol. The number of ether oxygens (including phenoxy) is 1. The first-order chi connectivity index (χ1) is 7.48. The van der Waals surface area contributed by atoms with E-state index in [1.54, 1.807) is 18.4 Å². The second-order valence-electron chi connectivity index (χ2n) is 4.49. The fourth-order valence-electron chi connectivity index (χ4n) is 1.54. The van der Waals surface area contributed by atoms with Gasteiger partial charge in [-0.3, -0.25) is 0 Å². The second-order valence-corrected chi connectivity index (χ2v) is 6.98. The second kappa shape index (κ2) is 6.15. The summed E-state index contributed by atoms with van der Waals surface area (Å²) in [5.74, 6) is 0. The van der Waals surface area contributed by atoms with Gasteiger partial charge in [-0.2, -0.15) is 0 Å². The quantitative estimate of drug-likeness (QED) is 0.858. The highest BCUT2D eigenvalue weighted by atomic mass is 79.9. The summed E-state index contributed by atoms with van der Waals surface area (Å²) in [5, 5.41) is 3.36. The van der Waals surface area contributed by atoms with Crippen molar-refractivity contribution in [1.82, 2.24) is 5.32 Å². The van der Waals surface area contributed by atoms with E-state index < -0.39 is 0 Å². The SMILES string of the molecule is CNC(CCC(C)(C)OC)c1ccc(Br)s1. The lowest BCUT2D eigenvalue weighted by Crippen LogP contribution is -2.25. The summed E-state index contributed by atoms with van der Waals surface area (Å²) in [7, 11) is 3.79. The molecule has 1 aromatic heterocycles. The maximum Gasteiger partial charge on any atom is 0.0701 e. The highest BCUT2D eigenvalue weighted by Gasteiger charge is 2.20. The molecule has 92 valence electrons. The van der Waals surface area contributed by atoms with E-state index in [1.807, 2.05) is 7.05 Å². The van der Waals surface area contributed by atoms with Crippen molar-refractivity contribution in [3.63, 3.8) is 0 Å². The van der Waals surface area contributed by atoms with Crippen LogP contribution in [0.15, 0.2) is 15.9 Å². The molecule has 1 heterocycles. The summed E-state index contributed by atoms with van der Waals surface area (Å²) in [6.45, 7) is 4.26. The van der Waals surface area contributed by atoms with Gasteiger partial charge in [0.25, 0.3) is 0 Å². The van der Waals surface area contributed by atoms with Gasteiger partial charge in [-0.25, -0.2) is 0 Å². The van der Waals surface area contributed by atoms with Crippen LogP contribution >= 0.6 is 27.3 Å². The van der Waals surface area contributed by atoms with E-state index >= 15 is 0 Å². The molecule has 0 bridgehead atoms. The Kier molecular flexibility index (Phi) is 5.44. The molecule has 0 aliphatic carbocycles. The van der Waals surface area contributed by atoms with Crippen molar-refractivity contribution >= 4 is 27.3 Å². The maximum atomic E-state index is 5.44. The molecule has 0 aliphatic rings. The normalized spacial score (nSPS) is 14.1. The number of nitrogens with one attached hydrogen (secondary N) is 1. The summed E-state index contributed by atoms with van der Waals surface area (Å²) in [4.78, 5) is 1.38. The van der Waals surface area contributed by atoms with Crippen molar-refractivity contribution in [3.8, 4) is 0 Å². The van der Waals surface area contributed by atoms with Crippen molar-refractivity contribution in [1.29, 1.82) is 0 Å². The Morgan fingerprint density at radius 1 is 1.50 bits per heavy atom. The van der Waals surface area contributed by atoms with Crippen LogP contribution in [0.2, 0.25) is 0 Å². The number of halogens is 1. The Balaban J connectivity index is 2.56. The van der Waals surface area contributed by atoms with E-state index in [4.69, 9.17) is 4.74 Å². The third-order valence-corrected chi connectivity index (χ3v) is 4.61. The van der Waals surface area contributed by atoms with E-state index in [0.717, 1.165) is 12.8 Å². The summed E-state index contributed by atoms with van der Waals surface area (Å²) in [6.07, 6.45) is 2.13. The van der Waals surface area contributed by atoms with Gasteiger partial charge in [0.2, 0.25) is 0 Å². The third kappa shape index (κ3) is 4.17. The van der Waals surface area contributed by atoms with Crippen LogP contribution in [0.3, 0.4) is 0 Å². The molecule has 1 atom stereocenters. The lowest BCUT2D eigenvalue weighted by Gasteiger charge is -2.25. The van der Waals surface area contributed by atoms with Crippen LogP contribution < -0.4 is 5.32 Å². The van der Waals surface area contributed by atoms with Gasteiger partial charge in [-0.15, -0.1) is 11.3 Å². The molecular weight excluding hydrogens is 286 g/mol. The van der Waals surface area contributed by atoms with Crippen molar-refractivity contribution in [2.45, 2.75) is 38.3 Å². The van der Waals surface area contributed by atoms with Crippen molar-refractivity contribution < 1.29 is 4.74 Å². The number of thiophene rings is 1. The van der Waals surface area contributed by atoms with Crippen LogP contribution in [-0.2, 0) is 4.74 Å². The minimum absolute atomic E-state index is 0.0381. The van der Waals surface area contributed by atoms with Gasteiger partial charge in [0.05, 0.1) is 9.39 Å². The Bertz CT molecular complexity index is 325. The van der Waals surface area contributed by atoms with Gasteiger partial charge in [-0.1, -0.05) is 0 Å². The number of hydrogen-bond acceptors (Lipinski definition) is 3. The predicted molar refractivity (Wildman–Crippen MR) is 74.1 cm³/mol. The summed E-state index contributed by atoms with van der Waals surface area (Å²) in [6, 6.07) is 4.70. The molecule has 4 heteroatoms. The molecule has 0 fully saturated rings. The molecule has 0 radical (unpaired) electrons. The Morgan fingerprint density at radius 3 is 2.62 bits per heavy atom. The summed E-state index contributed by atoms with van der Waals surface area (Å²) in [5.41, 5.74) is -0.0381. The van der Waals surface area contributed by atoms with Crippen LogP contribution in [-0.4, -0.2) is 19.8 Å². The standard InChI is InChI=1S/C12H20BrNOS/c1-12(2,15-4)8-7-9(14-3)10-5-6-11(13)16-10/h5-6,9,14H,7-8H2,1-4H3. The first-order valence-corrected chi connectivity index (χ1v) is 7.07. The molecular formula is C12H20BrNOS. The van der Waals surface area contributed by atoms with Crippen LogP contribution in [0.5, 0.6) is 0 Å². The molecule has 16 heavy (non-hydrogen) atoms. The molecule has 0 saturated heterocycles. The Morgan fingerprint density at radius 2 is 2.19 bits per heavy atom. The third-order valence-electron chi connectivity index (χ3n) is 2.87. The molecule has 0 aliphatic heterocycles. The molecule has 0 amide bonds. The molecule has 1 aromatic rings. The molecule has 2 nitrogen and oxygen atoms in total. The lowest BCUT2D eigenvalue weighted by atomic mass is 9.98. The minimum Gasteiger partial charge on any atom is -0.379 e. The number of methoxy groups -OCH3 is 1. The van der Waals surface area contributed by atoms with Crippen LogP contribution in [0.1, 0.15) is 37.6 Å². The lowest BCUT2D eigenvalue weighted by molar-refractivity contribution is 0.0119. The highest BCUT2D eigenvalue weighted by Crippen LogP contribution is 2.31. The molecule has 0 saturated carbocycles. The van der Waals surface area contributed by atoms with E-state index in [0.29, 0.717) is 6.04 Å². The first kappa shape index (κ1) is 14.2. The van der Waals surface area contributed by atoms with Gasteiger partial charge >= 0.3 is 0 Å². The topological polar surface area (TPSA) is 21.3 Å². The van der Waals surface area contributed by atoms with Crippen LogP contribution in [0.25, 0.3) is 0 Å². The van der Waals surface area contributed by atoms with E-state index in [1.165, 1.54) is 8.66 Å². The van der Waals surface area contributed by atoms with E-state index in [-0.39, 0.29) is 5.60 Å². The predicted octanol–water partition coefficient (Wildman–Crippen LogP) is 3.98. The number of hydrogen-bond donors (Lipinski definition) is 1. The van der Waals surface area contributed by atoms with Crippen molar-refractivity contribution in [3.05, 3.63) is 20.8 Å². The van der Waals surface area contributed by atoms with Gasteiger partial charge in [0.1, 0.15) is 0 Å². The van der Waals surface area contributed by atoms with E-state index in [9.17, 15) is 0 Å². The zero-order valence-corrected chi connectivity index (χ0v) is 12.7. The van der Waals surface area contributed by atoms with Gasteiger partial charge < -0.3 is 10.1 Å². The van der Waals surface area contributed by atoms with E-state index in [2.05, 4.69) is 47.2 Å². The first-order valence-electron chi connectivity index (χ1n) is 5.46. The maximum absolute atomic E-state index is 5.44. The fourth-order valence-corrected chi connectivity index (χ4v) is 3.11. The minimum atomic E-state index is -0.0381. The molecule has 0 spiro atoms. The fraction of sp³-hybridized carbons (Fsp3) is 0.667. The van der Waals surface area contributed by atoms with Crippen LogP contribution in [0.4, 0.5) is 0 Å². The largest absolute Gasteiger partial charge is 0.379 e. The van der Waals surface area contributed by atoms with Gasteiger partial charge in [0.15, 0.2) is 0 Å². The summed E-state index contributed by atoms with van der Waals surface area (Å²) < 4.78 is 6.63.